The highest BCUT2D eigenvalue weighted by Crippen LogP contribution is 2.31. The van der Waals surface area contributed by atoms with E-state index in [2.05, 4.69) is 0 Å². The first-order valence-electron chi connectivity index (χ1n) is 6.89. The summed E-state index contributed by atoms with van der Waals surface area (Å²) in [5.41, 5.74) is 0.969. The molecule has 1 aliphatic rings. The first-order valence-corrected chi connectivity index (χ1v) is 8.33. The van der Waals surface area contributed by atoms with Crippen LogP contribution in [0.1, 0.15) is 25.3 Å². The van der Waals surface area contributed by atoms with Gasteiger partial charge in [0.15, 0.2) is 0 Å². The van der Waals surface area contributed by atoms with Gasteiger partial charge in [0.2, 0.25) is 10.0 Å². The Hall–Kier alpha value is -1.53. The van der Waals surface area contributed by atoms with Gasteiger partial charge in [-0.05, 0) is 38.3 Å². The summed E-state index contributed by atoms with van der Waals surface area (Å²) < 4.78 is 26.5. The van der Waals surface area contributed by atoms with E-state index < -0.39 is 16.1 Å². The third-order valence-corrected chi connectivity index (χ3v) is 5.76. The molecule has 1 saturated heterocycles. The molecule has 0 N–H and O–H groups in total. The Morgan fingerprint density at radius 3 is 2.48 bits per heavy atom. The Labute approximate surface area is 125 Å². The standard InChI is InChI=1S/C15H19NO4S/c1-11-3-5-14(6-4-11)21(19,20)16-8-7-13(9-12(2)18)15(16)10-17/h3-6,10,13,15H,7-9H2,1-2H3/t13-,15-/m1/s1. The van der Waals surface area contributed by atoms with Gasteiger partial charge in [0, 0.05) is 13.0 Å². The molecule has 2 atom stereocenters. The van der Waals surface area contributed by atoms with Crippen LogP contribution in [0.4, 0.5) is 0 Å². The molecule has 1 heterocycles. The van der Waals surface area contributed by atoms with Gasteiger partial charge in [-0.1, -0.05) is 17.7 Å². The molecule has 1 aromatic carbocycles. The molecule has 0 saturated carbocycles. The lowest BCUT2D eigenvalue weighted by Crippen LogP contribution is -2.39. The van der Waals surface area contributed by atoms with Gasteiger partial charge in [0.1, 0.15) is 12.1 Å². The Kier molecular flexibility index (Phi) is 4.58. The second-order valence-electron chi connectivity index (χ2n) is 5.51. The number of hydrogen-bond acceptors (Lipinski definition) is 4. The van der Waals surface area contributed by atoms with E-state index in [1.54, 1.807) is 24.3 Å². The number of Topliss-reactive ketones (excluding diaryl/α,β-unsaturated/α-hetero) is 1. The molecule has 21 heavy (non-hydrogen) atoms. The molecule has 1 aliphatic heterocycles. The van der Waals surface area contributed by atoms with E-state index in [0.717, 1.165) is 5.56 Å². The molecular formula is C15H19NO4S. The molecule has 114 valence electrons. The van der Waals surface area contributed by atoms with Crippen LogP contribution in [-0.2, 0) is 19.6 Å². The Morgan fingerprint density at radius 1 is 1.33 bits per heavy atom. The summed E-state index contributed by atoms with van der Waals surface area (Å²) in [5.74, 6) is -0.248. The average molecular weight is 309 g/mol. The van der Waals surface area contributed by atoms with E-state index in [9.17, 15) is 18.0 Å². The molecule has 1 aromatic rings. The molecular weight excluding hydrogens is 290 g/mol. The number of carbonyl (C=O) groups excluding carboxylic acids is 2. The van der Waals surface area contributed by atoms with Gasteiger partial charge in [-0.25, -0.2) is 8.42 Å². The zero-order chi connectivity index (χ0) is 15.6. The Bertz CT molecular complexity index is 636. The van der Waals surface area contributed by atoms with Gasteiger partial charge >= 0.3 is 0 Å². The number of rotatable bonds is 5. The molecule has 0 spiro atoms. The van der Waals surface area contributed by atoms with E-state index in [1.807, 2.05) is 6.92 Å². The highest BCUT2D eigenvalue weighted by atomic mass is 32.2. The quantitative estimate of drug-likeness (QED) is 0.774. The monoisotopic (exact) mass is 309 g/mol. The van der Waals surface area contributed by atoms with Crippen molar-refractivity contribution in [2.24, 2.45) is 5.92 Å². The van der Waals surface area contributed by atoms with Crippen LogP contribution in [0, 0.1) is 12.8 Å². The van der Waals surface area contributed by atoms with Gasteiger partial charge in [0.25, 0.3) is 0 Å². The van der Waals surface area contributed by atoms with Crippen LogP contribution in [-0.4, -0.2) is 37.4 Å². The summed E-state index contributed by atoms with van der Waals surface area (Å²) in [6.45, 7) is 3.61. The van der Waals surface area contributed by atoms with Crippen molar-refractivity contribution in [2.75, 3.05) is 6.54 Å². The van der Waals surface area contributed by atoms with E-state index in [1.165, 1.54) is 11.2 Å². The van der Waals surface area contributed by atoms with Crippen molar-refractivity contribution in [1.29, 1.82) is 0 Å². The van der Waals surface area contributed by atoms with Gasteiger partial charge in [-0.3, -0.25) is 0 Å². The molecule has 2 rings (SSSR count). The highest BCUT2D eigenvalue weighted by molar-refractivity contribution is 7.89. The number of ketones is 1. The highest BCUT2D eigenvalue weighted by Gasteiger charge is 2.41. The van der Waals surface area contributed by atoms with Crippen molar-refractivity contribution < 1.29 is 18.0 Å². The topological polar surface area (TPSA) is 71.5 Å². The predicted molar refractivity (Wildman–Crippen MR) is 78.3 cm³/mol. The van der Waals surface area contributed by atoms with Crippen LogP contribution >= 0.6 is 0 Å². The summed E-state index contributed by atoms with van der Waals surface area (Å²) in [6.07, 6.45) is 1.42. The van der Waals surface area contributed by atoms with Crippen LogP contribution < -0.4 is 0 Å². The van der Waals surface area contributed by atoms with Gasteiger partial charge < -0.3 is 9.59 Å². The Balaban J connectivity index is 2.30. The average Bonchev–Trinajstić information content (AvgIpc) is 2.81. The lowest BCUT2D eigenvalue weighted by atomic mass is 9.96. The summed E-state index contributed by atoms with van der Waals surface area (Å²) >= 11 is 0. The van der Waals surface area contributed by atoms with E-state index in [4.69, 9.17) is 0 Å². The van der Waals surface area contributed by atoms with Crippen molar-refractivity contribution in [2.45, 2.75) is 37.6 Å². The number of nitrogens with zero attached hydrogens (tertiary/aromatic N) is 1. The second kappa shape index (κ2) is 6.07. The maximum Gasteiger partial charge on any atom is 0.243 e. The van der Waals surface area contributed by atoms with Crippen molar-refractivity contribution in [3.8, 4) is 0 Å². The van der Waals surface area contributed by atoms with E-state index >= 15 is 0 Å². The Morgan fingerprint density at radius 2 is 1.95 bits per heavy atom. The fraction of sp³-hybridized carbons (Fsp3) is 0.467. The second-order valence-corrected chi connectivity index (χ2v) is 7.40. The lowest BCUT2D eigenvalue weighted by Gasteiger charge is -2.22. The minimum Gasteiger partial charge on any atom is -0.302 e. The molecule has 0 aromatic heterocycles. The molecule has 0 amide bonds. The first-order chi connectivity index (χ1) is 9.86. The minimum absolute atomic E-state index is 0.0265. The predicted octanol–water partition coefficient (Wildman–Crippen LogP) is 1.55. The number of sulfonamides is 1. The van der Waals surface area contributed by atoms with Crippen LogP contribution in [0.3, 0.4) is 0 Å². The number of carbonyl (C=O) groups is 2. The smallest absolute Gasteiger partial charge is 0.243 e. The fourth-order valence-corrected chi connectivity index (χ4v) is 4.38. The zero-order valence-electron chi connectivity index (χ0n) is 12.2. The number of benzene rings is 1. The van der Waals surface area contributed by atoms with Gasteiger partial charge in [-0.2, -0.15) is 4.31 Å². The molecule has 0 unspecified atom stereocenters. The zero-order valence-corrected chi connectivity index (χ0v) is 13.0. The number of hydrogen-bond donors (Lipinski definition) is 0. The minimum atomic E-state index is -3.69. The molecule has 0 bridgehead atoms. The van der Waals surface area contributed by atoms with Crippen LogP contribution in [0.25, 0.3) is 0 Å². The normalized spacial score (nSPS) is 23.1. The van der Waals surface area contributed by atoms with Crippen molar-refractivity contribution >= 4 is 22.1 Å². The molecule has 5 nitrogen and oxygen atoms in total. The fourth-order valence-electron chi connectivity index (χ4n) is 2.75. The number of aryl methyl sites for hydroxylation is 1. The van der Waals surface area contributed by atoms with E-state index in [0.29, 0.717) is 12.7 Å². The largest absolute Gasteiger partial charge is 0.302 e. The third-order valence-electron chi connectivity index (χ3n) is 3.85. The van der Waals surface area contributed by atoms with Crippen LogP contribution in [0.15, 0.2) is 29.2 Å². The maximum atomic E-state index is 12.6. The van der Waals surface area contributed by atoms with Crippen LogP contribution in [0.2, 0.25) is 0 Å². The first kappa shape index (κ1) is 15.9. The molecule has 0 aliphatic carbocycles. The summed E-state index contributed by atoms with van der Waals surface area (Å²) in [6, 6.07) is 5.80. The van der Waals surface area contributed by atoms with E-state index in [-0.39, 0.29) is 29.6 Å². The summed E-state index contributed by atoms with van der Waals surface area (Å²) in [7, 11) is -3.69. The molecule has 6 heteroatoms. The van der Waals surface area contributed by atoms with Crippen LogP contribution in [0.5, 0.6) is 0 Å². The lowest BCUT2D eigenvalue weighted by molar-refractivity contribution is -0.118. The molecule has 1 fully saturated rings. The van der Waals surface area contributed by atoms with Crippen molar-refractivity contribution in [3.63, 3.8) is 0 Å². The van der Waals surface area contributed by atoms with Crippen molar-refractivity contribution in [1.82, 2.24) is 4.31 Å². The molecule has 0 radical (unpaired) electrons. The third kappa shape index (κ3) is 3.22. The SMILES string of the molecule is CC(=O)C[C@H]1CCN(S(=O)(=O)c2ccc(C)cc2)[C@@H]1C=O. The van der Waals surface area contributed by atoms with Gasteiger partial charge in [-0.15, -0.1) is 0 Å². The summed E-state index contributed by atoms with van der Waals surface area (Å²) in [4.78, 5) is 22.7. The number of aldehydes is 1. The maximum absolute atomic E-state index is 12.6. The van der Waals surface area contributed by atoms with Crippen molar-refractivity contribution in [3.05, 3.63) is 29.8 Å². The van der Waals surface area contributed by atoms with Gasteiger partial charge in [0.05, 0.1) is 10.9 Å². The summed E-state index contributed by atoms with van der Waals surface area (Å²) in [5, 5.41) is 0.